The van der Waals surface area contributed by atoms with Crippen molar-refractivity contribution in [1.29, 1.82) is 0 Å². The van der Waals surface area contributed by atoms with Gasteiger partial charge in [-0.3, -0.25) is 9.59 Å². The summed E-state index contributed by atoms with van der Waals surface area (Å²) in [5.41, 5.74) is 7.49. The summed E-state index contributed by atoms with van der Waals surface area (Å²) >= 11 is 0. The molecule has 2 aromatic heterocycles. The first-order chi connectivity index (χ1) is 20.4. The lowest BCUT2D eigenvalue weighted by Gasteiger charge is -2.35. The third kappa shape index (κ3) is 5.54. The maximum absolute atomic E-state index is 13.3. The van der Waals surface area contributed by atoms with Crippen LogP contribution >= 0.6 is 0 Å². The maximum Gasteiger partial charge on any atom is 0.262 e. The van der Waals surface area contributed by atoms with Gasteiger partial charge in [-0.25, -0.2) is 15.0 Å². The molecule has 0 bridgehead atoms. The summed E-state index contributed by atoms with van der Waals surface area (Å²) in [6, 6.07) is 12.8. The Morgan fingerprint density at radius 3 is 2.43 bits per heavy atom. The van der Waals surface area contributed by atoms with Crippen LogP contribution in [0.4, 0.5) is 5.82 Å². The van der Waals surface area contributed by atoms with E-state index in [-0.39, 0.29) is 11.5 Å². The lowest BCUT2D eigenvalue weighted by Crippen LogP contribution is -2.50. The van der Waals surface area contributed by atoms with Crippen LogP contribution in [0.1, 0.15) is 53.1 Å². The third-order valence-electron chi connectivity index (χ3n) is 8.29. The number of hydrogen-bond acceptors (Lipinski definition) is 8. The van der Waals surface area contributed by atoms with Gasteiger partial charge in [0.15, 0.2) is 0 Å². The molecule has 1 aliphatic carbocycles. The molecule has 0 radical (unpaired) electrons. The Morgan fingerprint density at radius 2 is 1.74 bits per heavy atom. The van der Waals surface area contributed by atoms with Gasteiger partial charge in [-0.05, 0) is 48.9 Å². The van der Waals surface area contributed by atoms with E-state index in [0.717, 1.165) is 5.82 Å². The van der Waals surface area contributed by atoms with Crippen molar-refractivity contribution >= 4 is 22.6 Å². The summed E-state index contributed by atoms with van der Waals surface area (Å²) in [6.45, 7) is 4.73. The highest BCUT2D eigenvalue weighted by Gasteiger charge is 2.25. The number of carbonyl (C=O) groups excluding carboxylic acids is 1. The molecule has 0 atom stereocenters. The normalized spacial score (nSPS) is 16.1. The number of rotatable bonds is 7. The number of aryl methyl sites for hydroxylation is 1. The van der Waals surface area contributed by atoms with Crippen LogP contribution < -0.4 is 20.5 Å². The highest BCUT2D eigenvalue weighted by atomic mass is 16.5. The Balaban J connectivity index is 1.12. The Bertz CT molecular complexity index is 1650. The van der Waals surface area contributed by atoms with Crippen LogP contribution in [0.2, 0.25) is 0 Å². The van der Waals surface area contributed by atoms with E-state index in [1.807, 2.05) is 11.1 Å². The van der Waals surface area contributed by atoms with Gasteiger partial charge in [0.1, 0.15) is 28.5 Å². The fourth-order valence-electron chi connectivity index (χ4n) is 5.98. The largest absolute Gasteiger partial charge is 0.497 e. The Hall–Kier alpha value is -4.44. The SMILES string of the molecule is COc1cc(OC)c2c(=O)[nH]c(-c3ccc(C(=O)N4CCN(Nc5ncc(C)cc5C5CCCC5)CC4)cc3)nc2c1. The molecule has 0 spiro atoms. The smallest absolute Gasteiger partial charge is 0.262 e. The Labute approximate surface area is 244 Å². The monoisotopic (exact) mass is 568 g/mol. The molecule has 218 valence electrons. The molecule has 4 aromatic rings. The molecule has 10 heteroatoms. The third-order valence-corrected chi connectivity index (χ3v) is 8.29. The van der Waals surface area contributed by atoms with E-state index in [9.17, 15) is 9.59 Å². The Morgan fingerprint density at radius 1 is 1.00 bits per heavy atom. The topological polar surface area (TPSA) is 113 Å². The van der Waals surface area contributed by atoms with Crippen molar-refractivity contribution in [2.45, 2.75) is 38.5 Å². The number of hydrazine groups is 1. The number of ether oxygens (including phenoxy) is 2. The summed E-state index contributed by atoms with van der Waals surface area (Å²) in [5.74, 6) is 2.84. The number of H-pyrrole nitrogens is 1. The zero-order valence-electron chi connectivity index (χ0n) is 24.3. The maximum atomic E-state index is 13.3. The number of aromatic nitrogens is 3. The second-order valence-electron chi connectivity index (χ2n) is 11.0. The fraction of sp³-hybridized carbons (Fsp3) is 0.375. The van der Waals surface area contributed by atoms with Crippen LogP contribution in [0.15, 0.2) is 53.5 Å². The van der Waals surface area contributed by atoms with Crippen LogP contribution in [0.25, 0.3) is 22.3 Å². The predicted molar refractivity (Wildman–Crippen MR) is 162 cm³/mol. The van der Waals surface area contributed by atoms with Gasteiger partial charge >= 0.3 is 0 Å². The number of fused-ring (bicyclic) bond motifs is 1. The quantitative estimate of drug-likeness (QED) is 0.328. The first kappa shape index (κ1) is 27.7. The number of nitrogens with zero attached hydrogens (tertiary/aromatic N) is 4. The number of amides is 1. The van der Waals surface area contributed by atoms with Crippen molar-refractivity contribution in [2.24, 2.45) is 0 Å². The Kier molecular flexibility index (Phi) is 7.80. The molecule has 1 amide bonds. The number of aromatic amines is 1. The second-order valence-corrected chi connectivity index (χ2v) is 11.0. The second kappa shape index (κ2) is 11.8. The van der Waals surface area contributed by atoms with Gasteiger partial charge < -0.3 is 24.8 Å². The van der Waals surface area contributed by atoms with E-state index >= 15 is 0 Å². The van der Waals surface area contributed by atoms with Gasteiger partial charge in [-0.2, -0.15) is 0 Å². The number of anilines is 1. The van der Waals surface area contributed by atoms with E-state index in [1.54, 1.807) is 43.5 Å². The zero-order chi connectivity index (χ0) is 29.2. The minimum absolute atomic E-state index is 0.0178. The summed E-state index contributed by atoms with van der Waals surface area (Å²) < 4.78 is 10.7. The van der Waals surface area contributed by atoms with Crippen LogP contribution in [-0.4, -0.2) is 71.2 Å². The molecule has 10 nitrogen and oxygen atoms in total. The van der Waals surface area contributed by atoms with Crippen molar-refractivity contribution in [1.82, 2.24) is 24.9 Å². The van der Waals surface area contributed by atoms with Crippen molar-refractivity contribution < 1.29 is 14.3 Å². The summed E-state index contributed by atoms with van der Waals surface area (Å²) in [5, 5.41) is 2.52. The number of pyridine rings is 1. The molecule has 3 heterocycles. The molecule has 1 saturated carbocycles. The lowest BCUT2D eigenvalue weighted by molar-refractivity contribution is 0.0662. The molecular weight excluding hydrogens is 532 g/mol. The van der Waals surface area contributed by atoms with Gasteiger partial charge in [-0.1, -0.05) is 31.0 Å². The van der Waals surface area contributed by atoms with E-state index in [2.05, 4.69) is 33.4 Å². The molecular formula is C32H36N6O4. The summed E-state index contributed by atoms with van der Waals surface area (Å²) in [4.78, 5) is 40.3. The number of hydrogen-bond donors (Lipinski definition) is 2. The average Bonchev–Trinajstić information content (AvgIpc) is 3.56. The van der Waals surface area contributed by atoms with Gasteiger partial charge in [-0.15, -0.1) is 0 Å². The van der Waals surface area contributed by atoms with Crippen LogP contribution in [0, 0.1) is 6.92 Å². The molecule has 2 N–H and O–H groups in total. The van der Waals surface area contributed by atoms with E-state index < -0.39 is 0 Å². The van der Waals surface area contributed by atoms with E-state index in [0.29, 0.717) is 71.5 Å². The standard InChI is InChI=1S/C32H36N6O4/c1-20-16-25(21-6-4-5-7-21)30(33-19-20)36-38-14-12-37(13-15-38)32(40)23-10-8-22(9-11-23)29-34-26-17-24(41-2)18-27(42-3)28(26)31(39)35-29/h8-11,16-19,21H,4-7,12-15H2,1-3H3,(H,33,36)(H,34,35,39). The van der Waals surface area contributed by atoms with Crippen molar-refractivity contribution in [2.75, 3.05) is 45.8 Å². The van der Waals surface area contributed by atoms with Crippen molar-refractivity contribution in [3.05, 3.63) is 75.7 Å². The first-order valence-electron chi connectivity index (χ1n) is 14.5. The first-order valence-corrected chi connectivity index (χ1v) is 14.5. The molecule has 42 heavy (non-hydrogen) atoms. The molecule has 1 aliphatic heterocycles. The molecule has 6 rings (SSSR count). The molecule has 2 fully saturated rings. The van der Waals surface area contributed by atoms with Gasteiger partial charge in [0.05, 0.1) is 19.7 Å². The van der Waals surface area contributed by atoms with E-state index in [1.165, 1.54) is 43.9 Å². The number of piperazine rings is 1. The number of nitrogens with one attached hydrogen (secondary N) is 2. The van der Waals surface area contributed by atoms with Crippen molar-refractivity contribution in [3.8, 4) is 22.9 Å². The highest BCUT2D eigenvalue weighted by molar-refractivity contribution is 5.95. The summed E-state index contributed by atoms with van der Waals surface area (Å²) in [7, 11) is 3.05. The fourth-order valence-corrected chi connectivity index (χ4v) is 5.98. The molecule has 1 saturated heterocycles. The highest BCUT2D eigenvalue weighted by Crippen LogP contribution is 2.37. The number of carbonyl (C=O) groups is 1. The van der Waals surface area contributed by atoms with Gasteiger partial charge in [0.2, 0.25) is 0 Å². The average molecular weight is 569 g/mol. The van der Waals surface area contributed by atoms with Crippen molar-refractivity contribution in [3.63, 3.8) is 0 Å². The minimum Gasteiger partial charge on any atom is -0.497 e. The predicted octanol–water partition coefficient (Wildman–Crippen LogP) is 4.75. The van der Waals surface area contributed by atoms with Crippen LogP contribution in [0.3, 0.4) is 0 Å². The van der Waals surface area contributed by atoms with E-state index in [4.69, 9.17) is 14.5 Å². The lowest BCUT2D eigenvalue weighted by atomic mass is 9.97. The number of methoxy groups -OCH3 is 2. The van der Waals surface area contributed by atoms with Crippen LogP contribution in [-0.2, 0) is 0 Å². The molecule has 2 aliphatic rings. The molecule has 0 unspecified atom stereocenters. The van der Waals surface area contributed by atoms with Crippen LogP contribution in [0.5, 0.6) is 11.5 Å². The minimum atomic E-state index is -0.308. The van der Waals surface area contributed by atoms with Gasteiger partial charge in [0, 0.05) is 55.6 Å². The van der Waals surface area contributed by atoms with Gasteiger partial charge in [0.25, 0.3) is 11.5 Å². The number of benzene rings is 2. The summed E-state index contributed by atoms with van der Waals surface area (Å²) in [6.07, 6.45) is 6.91. The molecule has 2 aromatic carbocycles. The zero-order valence-corrected chi connectivity index (χ0v) is 24.3.